The Morgan fingerprint density at radius 1 is 1.00 bits per heavy atom. The topological polar surface area (TPSA) is 126 Å². The zero-order valence-corrected chi connectivity index (χ0v) is 16.2. The van der Waals surface area contributed by atoms with Gasteiger partial charge in [0.25, 0.3) is 11.4 Å². The van der Waals surface area contributed by atoms with E-state index in [9.17, 15) is 20.2 Å². The van der Waals surface area contributed by atoms with Gasteiger partial charge in [-0.2, -0.15) is 0 Å². The Labute approximate surface area is 153 Å². The van der Waals surface area contributed by atoms with E-state index >= 15 is 0 Å². The van der Waals surface area contributed by atoms with Crippen LogP contribution in [0.15, 0.2) is 18.2 Å². The highest BCUT2D eigenvalue weighted by Crippen LogP contribution is 2.29. The van der Waals surface area contributed by atoms with E-state index < -0.39 is 18.7 Å². The third-order valence-corrected chi connectivity index (χ3v) is 6.61. The molecule has 0 unspecified atom stereocenters. The Bertz CT molecular complexity index is 598. The van der Waals surface area contributed by atoms with Gasteiger partial charge >= 0.3 is 8.80 Å². The van der Waals surface area contributed by atoms with Crippen LogP contribution in [0.25, 0.3) is 0 Å². The normalized spacial score (nSPS) is 11.3. The summed E-state index contributed by atoms with van der Waals surface area (Å²) in [5.74, 6) is 0. The summed E-state index contributed by atoms with van der Waals surface area (Å²) < 4.78 is 17.3. The lowest BCUT2D eigenvalue weighted by atomic mass is 10.2. The molecule has 1 N–H and O–H groups in total. The second-order valence-corrected chi connectivity index (χ2v) is 7.96. The maximum absolute atomic E-state index is 11.1. The van der Waals surface area contributed by atoms with Gasteiger partial charge in [-0.1, -0.05) is 0 Å². The second kappa shape index (κ2) is 10.8. The van der Waals surface area contributed by atoms with Crippen LogP contribution in [0.1, 0.15) is 27.2 Å². The fourth-order valence-electron chi connectivity index (χ4n) is 2.46. The van der Waals surface area contributed by atoms with Crippen molar-refractivity contribution in [3.63, 3.8) is 0 Å². The van der Waals surface area contributed by atoms with Crippen molar-refractivity contribution in [2.24, 2.45) is 0 Å². The fourth-order valence-corrected chi connectivity index (χ4v) is 5.08. The lowest BCUT2D eigenvalue weighted by Crippen LogP contribution is -2.46. The summed E-state index contributed by atoms with van der Waals surface area (Å²) in [5, 5.41) is 24.9. The first-order valence-electron chi connectivity index (χ1n) is 8.47. The molecule has 0 heterocycles. The SMILES string of the molecule is CCO[Si](CCCNc1ccc([N+](=O)[O-])cc1[N+](=O)[O-])(OCC)OCC. The lowest BCUT2D eigenvalue weighted by Gasteiger charge is -2.28. The van der Waals surface area contributed by atoms with Gasteiger partial charge in [0.05, 0.1) is 15.9 Å². The van der Waals surface area contributed by atoms with Crippen LogP contribution in [-0.2, 0) is 13.3 Å². The number of benzene rings is 1. The van der Waals surface area contributed by atoms with Crippen LogP contribution in [0.5, 0.6) is 0 Å². The first kappa shape index (κ1) is 22.0. The molecule has 0 amide bonds. The quantitative estimate of drug-likeness (QED) is 0.236. The summed E-state index contributed by atoms with van der Waals surface area (Å²) in [6.07, 6.45) is 0.611. The van der Waals surface area contributed by atoms with E-state index in [0.717, 1.165) is 6.07 Å². The average molecular weight is 387 g/mol. The number of hydrogen-bond donors (Lipinski definition) is 1. The number of nitrogens with zero attached hydrogens (tertiary/aromatic N) is 2. The standard InChI is InChI=1S/C15H25N3O7Si/c1-4-23-26(24-5-2,25-6-3)11-7-10-16-14-9-8-13(17(19)20)12-15(14)18(21)22/h8-9,12,16H,4-7,10-11H2,1-3H3. The minimum Gasteiger partial charge on any atom is -0.379 e. The van der Waals surface area contributed by atoms with Crippen LogP contribution in [0.4, 0.5) is 17.1 Å². The van der Waals surface area contributed by atoms with E-state index in [1.54, 1.807) is 0 Å². The summed E-state index contributed by atoms with van der Waals surface area (Å²) in [6, 6.07) is 4.09. The molecular formula is C15H25N3O7Si. The van der Waals surface area contributed by atoms with E-state index in [2.05, 4.69) is 5.32 Å². The predicted molar refractivity (Wildman–Crippen MR) is 98.3 cm³/mol. The highest BCUT2D eigenvalue weighted by molar-refractivity contribution is 6.60. The molecule has 0 spiro atoms. The largest absolute Gasteiger partial charge is 0.500 e. The van der Waals surface area contributed by atoms with Crippen molar-refractivity contribution >= 4 is 25.9 Å². The summed E-state index contributed by atoms with van der Waals surface area (Å²) >= 11 is 0. The van der Waals surface area contributed by atoms with Gasteiger partial charge in [0.2, 0.25) is 0 Å². The summed E-state index contributed by atoms with van der Waals surface area (Å²) in [4.78, 5) is 20.6. The fraction of sp³-hybridized carbons (Fsp3) is 0.600. The maximum atomic E-state index is 11.1. The molecule has 1 aromatic carbocycles. The first-order valence-corrected chi connectivity index (χ1v) is 10.4. The summed E-state index contributed by atoms with van der Waals surface area (Å²) in [7, 11) is -2.76. The lowest BCUT2D eigenvalue weighted by molar-refractivity contribution is -0.393. The summed E-state index contributed by atoms with van der Waals surface area (Å²) in [6.45, 7) is 7.48. The first-order chi connectivity index (χ1) is 12.4. The Morgan fingerprint density at radius 3 is 2.04 bits per heavy atom. The Morgan fingerprint density at radius 2 is 1.58 bits per heavy atom. The number of rotatable bonds is 13. The van der Waals surface area contributed by atoms with Crippen LogP contribution in [0, 0.1) is 20.2 Å². The highest BCUT2D eigenvalue weighted by atomic mass is 28.4. The monoisotopic (exact) mass is 387 g/mol. The predicted octanol–water partition coefficient (Wildman–Crippen LogP) is 3.35. The molecular weight excluding hydrogens is 362 g/mol. The third-order valence-electron chi connectivity index (χ3n) is 3.46. The second-order valence-electron chi connectivity index (χ2n) is 5.23. The molecule has 0 saturated heterocycles. The molecule has 0 saturated carbocycles. The number of hydrogen-bond acceptors (Lipinski definition) is 8. The van der Waals surface area contributed by atoms with Gasteiger partial charge in [-0.05, 0) is 33.3 Å². The molecule has 11 heteroatoms. The number of anilines is 1. The van der Waals surface area contributed by atoms with Crippen LogP contribution in [0.2, 0.25) is 6.04 Å². The van der Waals surface area contributed by atoms with Crippen LogP contribution >= 0.6 is 0 Å². The van der Waals surface area contributed by atoms with Gasteiger partial charge in [0.15, 0.2) is 0 Å². The van der Waals surface area contributed by atoms with Crippen molar-refractivity contribution in [1.29, 1.82) is 0 Å². The van der Waals surface area contributed by atoms with E-state index in [0.29, 0.717) is 38.8 Å². The van der Waals surface area contributed by atoms with Gasteiger partial charge < -0.3 is 18.6 Å². The minimum atomic E-state index is -2.76. The Kier molecular flexibility index (Phi) is 9.13. The number of nitro benzene ring substituents is 2. The molecule has 1 rings (SSSR count). The van der Waals surface area contributed by atoms with Gasteiger partial charge in [-0.15, -0.1) is 0 Å². The van der Waals surface area contributed by atoms with Crippen molar-refractivity contribution in [3.05, 3.63) is 38.4 Å². The molecule has 0 aliphatic heterocycles. The van der Waals surface area contributed by atoms with Gasteiger partial charge in [-0.3, -0.25) is 20.2 Å². The highest BCUT2D eigenvalue weighted by Gasteiger charge is 2.39. The van der Waals surface area contributed by atoms with Gasteiger partial charge in [-0.25, -0.2) is 0 Å². The van der Waals surface area contributed by atoms with Crippen molar-refractivity contribution in [1.82, 2.24) is 0 Å². The molecule has 0 aliphatic carbocycles. The van der Waals surface area contributed by atoms with Crippen LogP contribution < -0.4 is 5.32 Å². The molecule has 0 bridgehead atoms. The van der Waals surface area contributed by atoms with E-state index in [1.165, 1.54) is 12.1 Å². The van der Waals surface area contributed by atoms with Gasteiger partial charge in [0.1, 0.15) is 5.69 Å². The van der Waals surface area contributed by atoms with Crippen molar-refractivity contribution in [3.8, 4) is 0 Å². The molecule has 1 aromatic rings. The molecule has 0 atom stereocenters. The molecule has 146 valence electrons. The molecule has 10 nitrogen and oxygen atoms in total. The summed E-state index contributed by atoms with van der Waals surface area (Å²) in [5.41, 5.74) is -0.419. The van der Waals surface area contributed by atoms with E-state index in [-0.39, 0.29) is 17.1 Å². The Balaban J connectivity index is 2.74. The molecule has 0 radical (unpaired) electrons. The van der Waals surface area contributed by atoms with E-state index in [4.69, 9.17) is 13.3 Å². The molecule has 26 heavy (non-hydrogen) atoms. The van der Waals surface area contributed by atoms with Crippen molar-refractivity contribution in [2.75, 3.05) is 31.7 Å². The molecule has 0 aliphatic rings. The van der Waals surface area contributed by atoms with Crippen molar-refractivity contribution in [2.45, 2.75) is 33.2 Å². The van der Waals surface area contributed by atoms with E-state index in [1.807, 2.05) is 20.8 Å². The third kappa shape index (κ3) is 6.33. The Hall–Kier alpha value is -2.08. The number of non-ortho nitro benzene ring substituents is 1. The average Bonchev–Trinajstić information content (AvgIpc) is 2.59. The van der Waals surface area contributed by atoms with Crippen LogP contribution in [0.3, 0.4) is 0 Å². The van der Waals surface area contributed by atoms with Gasteiger partial charge in [0, 0.05) is 38.5 Å². The zero-order chi connectivity index (χ0) is 19.6. The zero-order valence-electron chi connectivity index (χ0n) is 15.2. The maximum Gasteiger partial charge on any atom is 0.500 e. The number of nitro groups is 2. The number of nitrogens with one attached hydrogen (secondary N) is 1. The van der Waals surface area contributed by atoms with Crippen LogP contribution in [-0.4, -0.2) is 45.0 Å². The molecule has 0 aromatic heterocycles. The molecule has 0 fully saturated rings. The minimum absolute atomic E-state index is 0.233. The smallest absolute Gasteiger partial charge is 0.379 e. The van der Waals surface area contributed by atoms with Crippen molar-refractivity contribution < 1.29 is 23.1 Å².